The number of hydrogen-bond acceptors (Lipinski definition) is 1. The van der Waals surface area contributed by atoms with Crippen LogP contribution >= 0.6 is 12.2 Å². The third-order valence-electron chi connectivity index (χ3n) is 2.66. The van der Waals surface area contributed by atoms with Gasteiger partial charge in [0.05, 0.1) is 0 Å². The molecule has 0 radical (unpaired) electrons. The van der Waals surface area contributed by atoms with Gasteiger partial charge in [0.1, 0.15) is 10.8 Å². The molecule has 0 aliphatic heterocycles. The average Bonchev–Trinajstić information content (AvgIpc) is 2.52. The van der Waals surface area contributed by atoms with Crippen LogP contribution in [-0.4, -0.2) is 4.99 Å². The van der Waals surface area contributed by atoms with Crippen molar-refractivity contribution in [2.24, 2.45) is 0 Å². The van der Waals surface area contributed by atoms with Gasteiger partial charge in [-0.1, -0.05) is 44.3 Å². The average molecular weight is 305 g/mol. The summed E-state index contributed by atoms with van der Waals surface area (Å²) in [5.41, 5.74) is 2.86. The Labute approximate surface area is 133 Å². The fourth-order valence-corrected chi connectivity index (χ4v) is 1.81. The number of benzene rings is 1. The number of halogens is 1. The number of allylic oxidation sites excluding steroid dienone is 4. The molecule has 1 aromatic carbocycles. The molecule has 1 rings (SSSR count). The van der Waals surface area contributed by atoms with Crippen LogP contribution in [0, 0.1) is 5.82 Å². The third kappa shape index (κ3) is 7.00. The molecule has 1 aromatic rings. The van der Waals surface area contributed by atoms with Crippen molar-refractivity contribution in [3.63, 3.8) is 0 Å². The first-order valence-corrected chi connectivity index (χ1v) is 7.50. The number of hydrogen-bond donors (Lipinski definition) is 1. The first-order valence-electron chi connectivity index (χ1n) is 7.09. The van der Waals surface area contributed by atoms with Crippen molar-refractivity contribution in [2.45, 2.75) is 34.1 Å². The summed E-state index contributed by atoms with van der Waals surface area (Å²) in [6, 6.07) is 6.14. The molecule has 0 aliphatic carbocycles. The van der Waals surface area contributed by atoms with Crippen molar-refractivity contribution in [3.8, 4) is 0 Å². The molecule has 1 nitrogen and oxygen atoms in total. The van der Waals surface area contributed by atoms with Gasteiger partial charge in [0.25, 0.3) is 0 Å². The second-order valence-electron chi connectivity index (χ2n) is 4.07. The maximum absolute atomic E-state index is 12.9. The van der Waals surface area contributed by atoms with Gasteiger partial charge < -0.3 is 5.32 Å². The summed E-state index contributed by atoms with van der Waals surface area (Å²) in [5.74, 6) is -0.264. The van der Waals surface area contributed by atoms with Crippen LogP contribution in [-0.2, 0) is 0 Å². The van der Waals surface area contributed by atoms with Gasteiger partial charge in [-0.05, 0) is 50.1 Å². The van der Waals surface area contributed by atoms with Crippen LogP contribution in [0.3, 0.4) is 0 Å². The number of thiocarbonyl (C=S) groups is 1. The van der Waals surface area contributed by atoms with Gasteiger partial charge in [-0.25, -0.2) is 4.39 Å². The molecule has 0 aliphatic rings. The van der Waals surface area contributed by atoms with E-state index in [1.54, 1.807) is 12.1 Å². The molecule has 0 fully saturated rings. The first-order chi connectivity index (χ1) is 10.1. The zero-order chi connectivity index (χ0) is 16.3. The quantitative estimate of drug-likeness (QED) is 0.435. The van der Waals surface area contributed by atoms with Gasteiger partial charge in [-0.15, -0.1) is 6.58 Å². The number of nitrogens with one attached hydrogen (secondary N) is 1. The molecule has 0 aromatic heterocycles. The second kappa shape index (κ2) is 11.0. The minimum Gasteiger partial charge on any atom is -0.346 e. The summed E-state index contributed by atoms with van der Waals surface area (Å²) in [4.78, 5) is 0.583. The zero-order valence-corrected chi connectivity index (χ0v) is 14.1. The molecule has 0 saturated heterocycles. The fraction of sp³-hybridized carbons (Fsp3) is 0.278. The molecular weight excluding hydrogens is 281 g/mol. The molecule has 0 heterocycles. The highest BCUT2D eigenvalue weighted by Crippen LogP contribution is 2.10. The summed E-state index contributed by atoms with van der Waals surface area (Å²) in [7, 11) is 0. The largest absolute Gasteiger partial charge is 0.346 e. The van der Waals surface area contributed by atoms with E-state index in [1.165, 1.54) is 12.1 Å². The molecule has 0 bridgehead atoms. The lowest BCUT2D eigenvalue weighted by Gasteiger charge is -2.12. The van der Waals surface area contributed by atoms with Crippen LogP contribution in [0.2, 0.25) is 0 Å². The topological polar surface area (TPSA) is 12.0 Å². The summed E-state index contributed by atoms with van der Waals surface area (Å²) < 4.78 is 12.9. The highest BCUT2D eigenvalue weighted by atomic mass is 32.1. The van der Waals surface area contributed by atoms with Crippen LogP contribution in [0.25, 0.3) is 0 Å². The van der Waals surface area contributed by atoms with Crippen LogP contribution in [0.1, 0.15) is 39.7 Å². The van der Waals surface area contributed by atoms with E-state index >= 15 is 0 Å². The lowest BCUT2D eigenvalue weighted by atomic mass is 10.1. The molecule has 0 spiro atoms. The minimum absolute atomic E-state index is 0.264. The second-order valence-corrected chi connectivity index (χ2v) is 4.48. The maximum Gasteiger partial charge on any atom is 0.123 e. The van der Waals surface area contributed by atoms with Crippen LogP contribution in [0.15, 0.2) is 60.3 Å². The molecule has 21 heavy (non-hydrogen) atoms. The van der Waals surface area contributed by atoms with Crippen molar-refractivity contribution in [2.75, 3.05) is 0 Å². The normalized spacial score (nSPS) is 11.3. The Morgan fingerprint density at radius 1 is 1.29 bits per heavy atom. The zero-order valence-electron chi connectivity index (χ0n) is 13.2. The Kier molecular flexibility index (Phi) is 10.1. The molecule has 0 atom stereocenters. The monoisotopic (exact) mass is 305 g/mol. The Morgan fingerprint density at radius 3 is 2.33 bits per heavy atom. The van der Waals surface area contributed by atoms with Crippen LogP contribution < -0.4 is 5.32 Å². The summed E-state index contributed by atoms with van der Waals surface area (Å²) in [6.45, 7) is 11.6. The van der Waals surface area contributed by atoms with Gasteiger partial charge in [-0.3, -0.25) is 0 Å². The lowest BCUT2D eigenvalue weighted by molar-refractivity contribution is 0.628. The van der Waals surface area contributed by atoms with Gasteiger partial charge in [0.2, 0.25) is 0 Å². The van der Waals surface area contributed by atoms with E-state index in [0.29, 0.717) is 4.99 Å². The highest BCUT2D eigenvalue weighted by molar-refractivity contribution is 7.80. The summed E-state index contributed by atoms with van der Waals surface area (Å²) in [5, 5.41) is 3.18. The third-order valence-corrected chi connectivity index (χ3v) is 3.00. The minimum atomic E-state index is -0.264. The predicted molar refractivity (Wildman–Crippen MR) is 94.9 cm³/mol. The van der Waals surface area contributed by atoms with E-state index in [-0.39, 0.29) is 5.82 Å². The van der Waals surface area contributed by atoms with Crippen molar-refractivity contribution in [1.29, 1.82) is 0 Å². The van der Waals surface area contributed by atoms with Crippen LogP contribution in [0.4, 0.5) is 4.39 Å². The Balaban J connectivity index is 0.00000191. The van der Waals surface area contributed by atoms with E-state index in [0.717, 1.165) is 23.3 Å². The molecule has 3 heteroatoms. The Hall–Kier alpha value is -1.74. The maximum atomic E-state index is 12.9. The molecule has 0 amide bonds. The van der Waals surface area contributed by atoms with E-state index < -0.39 is 0 Å². The Bertz CT molecular complexity index is 513. The molecule has 114 valence electrons. The van der Waals surface area contributed by atoms with Crippen molar-refractivity contribution in [1.82, 2.24) is 5.32 Å². The SMILES string of the molecule is C=CC/C=C(C)\C(=C/C)NC(=S)c1ccc(F)cc1.CC. The predicted octanol–water partition coefficient (Wildman–Crippen LogP) is 5.54. The van der Waals surface area contributed by atoms with Crippen molar-refractivity contribution in [3.05, 3.63) is 71.7 Å². The van der Waals surface area contributed by atoms with E-state index in [9.17, 15) is 4.39 Å². The van der Waals surface area contributed by atoms with Gasteiger partial charge in [0.15, 0.2) is 0 Å². The van der Waals surface area contributed by atoms with Gasteiger partial charge in [0, 0.05) is 11.3 Å². The molecule has 0 unspecified atom stereocenters. The van der Waals surface area contributed by atoms with Crippen LogP contribution in [0.5, 0.6) is 0 Å². The van der Waals surface area contributed by atoms with E-state index in [1.807, 2.05) is 39.8 Å². The lowest BCUT2D eigenvalue weighted by Crippen LogP contribution is -2.22. The fourth-order valence-electron chi connectivity index (χ4n) is 1.56. The highest BCUT2D eigenvalue weighted by Gasteiger charge is 2.04. The number of rotatable bonds is 5. The van der Waals surface area contributed by atoms with Gasteiger partial charge >= 0.3 is 0 Å². The van der Waals surface area contributed by atoms with Crippen molar-refractivity contribution < 1.29 is 4.39 Å². The Morgan fingerprint density at radius 2 is 1.86 bits per heavy atom. The standard InChI is InChI=1S/C16H18FNS.C2H6/c1-4-6-7-12(3)15(5-2)18-16(19)13-8-10-14(17)11-9-13;1-2/h4-5,7-11H,1,6H2,2-3H3,(H,18,19);1-2H3/b12-7-,15-5+;. The molecule has 1 N–H and O–H groups in total. The van der Waals surface area contributed by atoms with Gasteiger partial charge in [-0.2, -0.15) is 0 Å². The summed E-state index contributed by atoms with van der Waals surface area (Å²) in [6.07, 6.45) is 6.69. The van der Waals surface area contributed by atoms with E-state index in [4.69, 9.17) is 12.2 Å². The van der Waals surface area contributed by atoms with E-state index in [2.05, 4.69) is 18.0 Å². The first kappa shape index (κ1) is 19.3. The molecular formula is C18H24FNS. The summed E-state index contributed by atoms with van der Waals surface area (Å²) >= 11 is 5.32. The molecule has 0 saturated carbocycles. The van der Waals surface area contributed by atoms with Crippen molar-refractivity contribution >= 4 is 17.2 Å². The smallest absolute Gasteiger partial charge is 0.123 e.